The summed E-state index contributed by atoms with van der Waals surface area (Å²) in [5, 5.41) is 0.00574. The summed E-state index contributed by atoms with van der Waals surface area (Å²) in [4.78, 5) is 15.5. The Morgan fingerprint density at radius 2 is 1.82 bits per heavy atom. The van der Waals surface area contributed by atoms with Gasteiger partial charge in [0.2, 0.25) is 11.9 Å². The molecule has 1 saturated heterocycles. The molecule has 0 radical (unpaired) electrons. The lowest BCUT2D eigenvalue weighted by molar-refractivity contribution is 0.225. The molecule has 3 aromatic rings. The summed E-state index contributed by atoms with van der Waals surface area (Å²) in [5.74, 6) is 0.234. The van der Waals surface area contributed by atoms with Crippen LogP contribution < -0.4 is 4.90 Å². The number of nitrogens with zero attached hydrogens (tertiary/aromatic N) is 5. The lowest BCUT2D eigenvalue weighted by atomic mass is 9.77. The molecule has 0 unspecified atom stereocenters. The van der Waals surface area contributed by atoms with Crippen molar-refractivity contribution < 1.29 is 4.39 Å². The Morgan fingerprint density at radius 1 is 1.07 bits per heavy atom. The molecule has 1 aliphatic carbocycles. The molecule has 3 aromatic heterocycles. The van der Waals surface area contributed by atoms with Crippen LogP contribution >= 0.6 is 11.6 Å². The van der Waals surface area contributed by atoms with Gasteiger partial charge in [-0.2, -0.15) is 4.39 Å². The second kappa shape index (κ2) is 6.69. The number of imidazole rings is 1. The zero-order valence-corrected chi connectivity index (χ0v) is 16.7. The Balaban J connectivity index is 1.56. The molecule has 5 nitrogen and oxygen atoms in total. The van der Waals surface area contributed by atoms with Gasteiger partial charge >= 0.3 is 0 Å². The van der Waals surface area contributed by atoms with E-state index in [4.69, 9.17) is 16.6 Å². The van der Waals surface area contributed by atoms with Crippen LogP contribution in [0.5, 0.6) is 0 Å². The average molecular weight is 400 g/mol. The Kier molecular flexibility index (Phi) is 4.27. The van der Waals surface area contributed by atoms with Crippen molar-refractivity contribution in [3.8, 4) is 11.1 Å². The van der Waals surface area contributed by atoms with E-state index in [0.717, 1.165) is 35.9 Å². The van der Waals surface area contributed by atoms with Gasteiger partial charge in [0.25, 0.3) is 0 Å². The minimum Gasteiger partial charge on any atom is -0.342 e. The number of piperidine rings is 1. The summed E-state index contributed by atoms with van der Waals surface area (Å²) in [7, 11) is 0. The summed E-state index contributed by atoms with van der Waals surface area (Å²) in [6.07, 6.45) is 13.1. The van der Waals surface area contributed by atoms with Crippen molar-refractivity contribution >= 4 is 23.2 Å². The third-order valence-corrected chi connectivity index (χ3v) is 6.96. The summed E-state index contributed by atoms with van der Waals surface area (Å²) < 4.78 is 15.9. The first-order valence-electron chi connectivity index (χ1n) is 9.97. The van der Waals surface area contributed by atoms with Crippen molar-refractivity contribution in [3.05, 3.63) is 41.3 Å². The first-order valence-corrected chi connectivity index (χ1v) is 10.3. The summed E-state index contributed by atoms with van der Waals surface area (Å²) in [6.45, 7) is 3.97. The second-order valence-electron chi connectivity index (χ2n) is 8.15. The highest BCUT2D eigenvalue weighted by molar-refractivity contribution is 6.33. The number of hydrogen-bond donors (Lipinski definition) is 0. The van der Waals surface area contributed by atoms with Crippen molar-refractivity contribution in [2.75, 3.05) is 18.0 Å². The van der Waals surface area contributed by atoms with Crippen LogP contribution in [0.15, 0.2) is 24.7 Å². The van der Waals surface area contributed by atoms with Gasteiger partial charge < -0.3 is 4.90 Å². The number of hydrogen-bond acceptors (Lipinski definition) is 4. The molecular weight excluding hydrogens is 377 g/mol. The summed E-state index contributed by atoms with van der Waals surface area (Å²) in [5.41, 5.74) is 3.43. The third-order valence-electron chi connectivity index (χ3n) is 6.60. The zero-order valence-electron chi connectivity index (χ0n) is 16.0. The molecule has 2 aliphatic rings. The minimum absolute atomic E-state index is 0.00574. The molecule has 2 fully saturated rings. The Labute approximate surface area is 168 Å². The van der Waals surface area contributed by atoms with E-state index in [-0.39, 0.29) is 5.02 Å². The van der Waals surface area contributed by atoms with Crippen molar-refractivity contribution in [2.24, 2.45) is 5.41 Å². The van der Waals surface area contributed by atoms with Crippen molar-refractivity contribution in [1.29, 1.82) is 0 Å². The SMILES string of the molecule is Cc1nc(N2CCC3(CCCC3)CC2)n2ccnc2c1-c1ccnc(F)c1Cl. The smallest absolute Gasteiger partial charge is 0.232 e. The number of anilines is 1. The number of pyridine rings is 1. The number of halogens is 2. The summed E-state index contributed by atoms with van der Waals surface area (Å²) in [6, 6.07) is 1.72. The van der Waals surface area contributed by atoms with Gasteiger partial charge in [-0.25, -0.2) is 15.0 Å². The molecular formula is C21H23ClFN5. The molecule has 0 aromatic carbocycles. The predicted molar refractivity (Wildman–Crippen MR) is 108 cm³/mol. The molecule has 0 N–H and O–H groups in total. The number of rotatable bonds is 2. The van der Waals surface area contributed by atoms with Crippen LogP contribution in [0.2, 0.25) is 5.02 Å². The highest BCUT2D eigenvalue weighted by Crippen LogP contribution is 2.46. The average Bonchev–Trinajstić information content (AvgIpc) is 3.35. The van der Waals surface area contributed by atoms with Gasteiger partial charge in [-0.15, -0.1) is 0 Å². The first-order chi connectivity index (χ1) is 13.6. The van der Waals surface area contributed by atoms with E-state index < -0.39 is 5.95 Å². The monoisotopic (exact) mass is 399 g/mol. The molecule has 0 bridgehead atoms. The van der Waals surface area contributed by atoms with E-state index in [1.807, 2.05) is 17.5 Å². The number of fused-ring (bicyclic) bond motifs is 1. The fourth-order valence-electron chi connectivity index (χ4n) is 5.03. The van der Waals surface area contributed by atoms with Gasteiger partial charge in [-0.1, -0.05) is 24.4 Å². The lowest BCUT2D eigenvalue weighted by Crippen LogP contribution is -2.40. The van der Waals surface area contributed by atoms with Crippen LogP contribution in [0.1, 0.15) is 44.2 Å². The minimum atomic E-state index is -0.676. The van der Waals surface area contributed by atoms with E-state index >= 15 is 0 Å². The van der Waals surface area contributed by atoms with E-state index in [9.17, 15) is 4.39 Å². The molecule has 5 rings (SSSR count). The molecule has 4 heterocycles. The molecule has 1 aliphatic heterocycles. The zero-order chi connectivity index (χ0) is 19.3. The second-order valence-corrected chi connectivity index (χ2v) is 8.53. The van der Waals surface area contributed by atoms with Crippen LogP contribution in [0.25, 0.3) is 16.8 Å². The van der Waals surface area contributed by atoms with E-state index in [2.05, 4.69) is 14.9 Å². The van der Waals surface area contributed by atoms with Crippen molar-refractivity contribution in [2.45, 2.75) is 45.4 Å². The maximum Gasteiger partial charge on any atom is 0.232 e. The van der Waals surface area contributed by atoms with Gasteiger partial charge in [0, 0.05) is 42.8 Å². The number of aromatic nitrogens is 4. The Hall–Kier alpha value is -2.21. The molecule has 1 saturated carbocycles. The maximum absolute atomic E-state index is 13.9. The van der Waals surface area contributed by atoms with Crippen LogP contribution in [0.4, 0.5) is 10.3 Å². The molecule has 146 valence electrons. The summed E-state index contributed by atoms with van der Waals surface area (Å²) >= 11 is 6.21. The first kappa shape index (κ1) is 17.9. The highest BCUT2D eigenvalue weighted by atomic mass is 35.5. The lowest BCUT2D eigenvalue weighted by Gasteiger charge is -2.40. The van der Waals surface area contributed by atoms with Crippen LogP contribution in [0.3, 0.4) is 0 Å². The van der Waals surface area contributed by atoms with E-state index in [0.29, 0.717) is 11.0 Å². The topological polar surface area (TPSA) is 46.3 Å². The molecule has 28 heavy (non-hydrogen) atoms. The highest BCUT2D eigenvalue weighted by Gasteiger charge is 2.37. The van der Waals surface area contributed by atoms with Crippen molar-refractivity contribution in [1.82, 2.24) is 19.4 Å². The Morgan fingerprint density at radius 3 is 2.57 bits per heavy atom. The standard InChI is InChI=1S/C21H23ClFN5/c1-14-16(15-4-9-24-18(23)17(15)22)19-25-10-13-28(19)20(26-14)27-11-7-21(8-12-27)5-2-3-6-21/h4,9-10,13H,2-3,5-8,11-12H2,1H3. The van der Waals surface area contributed by atoms with Crippen LogP contribution in [-0.2, 0) is 0 Å². The fourth-order valence-corrected chi connectivity index (χ4v) is 5.23. The molecule has 1 spiro atoms. The molecule has 0 amide bonds. The predicted octanol–water partition coefficient (Wildman–Crippen LogP) is 5.05. The van der Waals surface area contributed by atoms with Crippen LogP contribution in [-0.4, -0.2) is 32.4 Å². The van der Waals surface area contributed by atoms with Gasteiger partial charge in [0.05, 0.1) is 5.69 Å². The fraction of sp³-hybridized carbons (Fsp3) is 0.476. The normalized spacial score (nSPS) is 19.0. The third kappa shape index (κ3) is 2.77. The molecule has 0 atom stereocenters. The van der Waals surface area contributed by atoms with Gasteiger partial charge in [0.1, 0.15) is 10.7 Å². The van der Waals surface area contributed by atoms with Gasteiger partial charge in [-0.3, -0.25) is 4.40 Å². The Bertz CT molecular complexity index is 1030. The quantitative estimate of drug-likeness (QED) is 0.565. The van der Waals surface area contributed by atoms with Gasteiger partial charge in [-0.05, 0) is 44.1 Å². The van der Waals surface area contributed by atoms with Gasteiger partial charge in [0.15, 0.2) is 0 Å². The van der Waals surface area contributed by atoms with Crippen molar-refractivity contribution in [3.63, 3.8) is 0 Å². The largest absolute Gasteiger partial charge is 0.342 e. The van der Waals surface area contributed by atoms with E-state index in [1.54, 1.807) is 12.3 Å². The van der Waals surface area contributed by atoms with Crippen LogP contribution in [0, 0.1) is 18.3 Å². The number of aryl methyl sites for hydroxylation is 1. The van der Waals surface area contributed by atoms with E-state index in [1.165, 1.54) is 44.7 Å². The molecule has 7 heteroatoms. The maximum atomic E-state index is 13.9.